The molecule has 0 spiro atoms. The van der Waals surface area contributed by atoms with Crippen LogP contribution in [0.3, 0.4) is 0 Å². The number of aromatic amines is 1. The van der Waals surface area contributed by atoms with Crippen LogP contribution in [0.5, 0.6) is 11.5 Å². The number of fused-ring (bicyclic) bond motifs is 1. The number of carboxylic acid groups (broad SMARTS) is 1. The van der Waals surface area contributed by atoms with Crippen LogP contribution in [0.15, 0.2) is 77.4 Å². The Labute approximate surface area is 207 Å². The fourth-order valence-electron chi connectivity index (χ4n) is 3.83. The molecule has 3 aromatic carbocycles. The summed E-state index contributed by atoms with van der Waals surface area (Å²) in [5.74, 6) is 0.367. The molecule has 0 aliphatic carbocycles. The Morgan fingerprint density at radius 3 is 2.53 bits per heavy atom. The van der Waals surface area contributed by atoms with Gasteiger partial charge in [0.2, 0.25) is 0 Å². The van der Waals surface area contributed by atoms with Gasteiger partial charge in [-0.3, -0.25) is 10.1 Å². The zero-order valence-electron chi connectivity index (χ0n) is 18.9. The van der Waals surface area contributed by atoms with Gasteiger partial charge in [-0.1, -0.05) is 64.5 Å². The van der Waals surface area contributed by atoms with E-state index >= 15 is 0 Å². The molecule has 1 heterocycles. The number of hydrogen-bond donors (Lipinski definition) is 3. The number of nitrogens with one attached hydrogen (secondary N) is 2. The SMILES string of the molecule is CCOc1cc(CNC(Cc2c[nH]c3ccccc23)C(=O)O)c(Br)cc1OCc1ccccc1. The van der Waals surface area contributed by atoms with E-state index in [-0.39, 0.29) is 0 Å². The number of aliphatic carboxylic acids is 1. The average Bonchev–Trinajstić information content (AvgIpc) is 3.25. The molecule has 1 aromatic heterocycles. The van der Waals surface area contributed by atoms with Crippen molar-refractivity contribution in [2.45, 2.75) is 32.5 Å². The minimum absolute atomic E-state index is 0.360. The smallest absolute Gasteiger partial charge is 0.321 e. The first-order valence-corrected chi connectivity index (χ1v) is 12.0. The first-order chi connectivity index (χ1) is 16.5. The van der Waals surface area contributed by atoms with Crippen molar-refractivity contribution in [3.63, 3.8) is 0 Å². The Hall–Kier alpha value is -3.29. The third kappa shape index (κ3) is 5.79. The van der Waals surface area contributed by atoms with Crippen molar-refractivity contribution in [3.05, 3.63) is 94.1 Å². The number of H-pyrrole nitrogens is 1. The third-order valence-corrected chi connectivity index (χ3v) is 6.32. The summed E-state index contributed by atoms with van der Waals surface area (Å²) in [4.78, 5) is 15.2. The van der Waals surface area contributed by atoms with Crippen LogP contribution in [-0.4, -0.2) is 28.7 Å². The Kier molecular flexibility index (Phi) is 7.87. The third-order valence-electron chi connectivity index (χ3n) is 5.59. The first kappa shape index (κ1) is 23.9. The molecule has 7 heteroatoms. The molecule has 0 saturated heterocycles. The van der Waals surface area contributed by atoms with Crippen LogP contribution < -0.4 is 14.8 Å². The normalized spacial score (nSPS) is 11.9. The van der Waals surface area contributed by atoms with E-state index in [2.05, 4.69) is 26.2 Å². The van der Waals surface area contributed by atoms with Crippen molar-refractivity contribution >= 4 is 32.8 Å². The minimum Gasteiger partial charge on any atom is -0.490 e. The van der Waals surface area contributed by atoms with E-state index in [1.165, 1.54) is 0 Å². The highest BCUT2D eigenvalue weighted by molar-refractivity contribution is 9.10. The summed E-state index contributed by atoms with van der Waals surface area (Å²) >= 11 is 3.61. The second kappa shape index (κ2) is 11.2. The van der Waals surface area contributed by atoms with Crippen LogP contribution >= 0.6 is 15.9 Å². The van der Waals surface area contributed by atoms with Gasteiger partial charge in [0.1, 0.15) is 12.6 Å². The van der Waals surface area contributed by atoms with Crippen LogP contribution in [0.1, 0.15) is 23.6 Å². The summed E-state index contributed by atoms with van der Waals surface area (Å²) in [6.07, 6.45) is 2.25. The van der Waals surface area contributed by atoms with Gasteiger partial charge in [0.05, 0.1) is 6.61 Å². The predicted octanol–water partition coefficient (Wildman–Crippen LogP) is 5.69. The molecule has 0 aliphatic heterocycles. The number of halogens is 1. The summed E-state index contributed by atoms with van der Waals surface area (Å²) < 4.78 is 12.7. The summed E-state index contributed by atoms with van der Waals surface area (Å²) in [5.41, 5.74) is 3.92. The summed E-state index contributed by atoms with van der Waals surface area (Å²) in [7, 11) is 0. The van der Waals surface area contributed by atoms with Crippen LogP contribution in [-0.2, 0) is 24.4 Å². The Morgan fingerprint density at radius 1 is 1.03 bits per heavy atom. The lowest BCUT2D eigenvalue weighted by Gasteiger charge is -2.18. The van der Waals surface area contributed by atoms with Crippen molar-refractivity contribution in [3.8, 4) is 11.5 Å². The van der Waals surface area contributed by atoms with Gasteiger partial charge >= 0.3 is 5.97 Å². The molecule has 1 unspecified atom stereocenters. The zero-order valence-corrected chi connectivity index (χ0v) is 20.5. The number of aromatic nitrogens is 1. The highest BCUT2D eigenvalue weighted by atomic mass is 79.9. The highest BCUT2D eigenvalue weighted by Gasteiger charge is 2.20. The van der Waals surface area contributed by atoms with Crippen molar-refractivity contribution < 1.29 is 19.4 Å². The fourth-order valence-corrected chi connectivity index (χ4v) is 4.29. The number of para-hydroxylation sites is 1. The van der Waals surface area contributed by atoms with Crippen molar-refractivity contribution in [1.29, 1.82) is 0 Å². The van der Waals surface area contributed by atoms with Crippen LogP contribution in [0, 0.1) is 0 Å². The maximum atomic E-state index is 12.0. The van der Waals surface area contributed by atoms with Gasteiger partial charge in [-0.25, -0.2) is 0 Å². The monoisotopic (exact) mass is 522 g/mol. The van der Waals surface area contributed by atoms with E-state index in [9.17, 15) is 9.90 Å². The largest absolute Gasteiger partial charge is 0.490 e. The molecule has 1 atom stereocenters. The van der Waals surface area contributed by atoms with Gasteiger partial charge in [0.25, 0.3) is 0 Å². The molecule has 0 aliphatic rings. The molecule has 34 heavy (non-hydrogen) atoms. The Bertz CT molecular complexity index is 1260. The number of ether oxygens (including phenoxy) is 2. The van der Waals surface area contributed by atoms with Crippen molar-refractivity contribution in [2.75, 3.05) is 6.61 Å². The molecular formula is C27H27BrN2O4. The molecule has 6 nitrogen and oxygen atoms in total. The van der Waals surface area contributed by atoms with E-state index in [1.54, 1.807) is 0 Å². The highest BCUT2D eigenvalue weighted by Crippen LogP contribution is 2.34. The number of hydrogen-bond acceptors (Lipinski definition) is 4. The number of carbonyl (C=O) groups is 1. The van der Waals surface area contributed by atoms with E-state index in [0.29, 0.717) is 37.7 Å². The second-order valence-electron chi connectivity index (χ2n) is 7.93. The van der Waals surface area contributed by atoms with Gasteiger partial charge in [0.15, 0.2) is 11.5 Å². The number of rotatable bonds is 11. The second-order valence-corrected chi connectivity index (χ2v) is 8.79. The van der Waals surface area contributed by atoms with Gasteiger partial charge in [-0.2, -0.15) is 0 Å². The standard InChI is InChI=1S/C27H27BrN2O4/c1-2-33-25-13-20(22(28)14-26(25)34-17-18-8-4-3-5-9-18)16-30-24(27(31)32)12-19-15-29-23-11-7-6-10-21(19)23/h3-11,13-15,24,29-30H,2,12,16-17H2,1H3,(H,31,32). The molecule has 0 amide bonds. The minimum atomic E-state index is -0.894. The molecule has 4 aromatic rings. The van der Waals surface area contributed by atoms with E-state index in [4.69, 9.17) is 9.47 Å². The molecule has 0 saturated carbocycles. The topological polar surface area (TPSA) is 83.6 Å². The molecule has 0 radical (unpaired) electrons. The lowest BCUT2D eigenvalue weighted by atomic mass is 10.0. The predicted molar refractivity (Wildman–Crippen MR) is 136 cm³/mol. The van der Waals surface area contributed by atoms with E-state index in [0.717, 1.165) is 32.1 Å². The molecule has 4 rings (SSSR count). The van der Waals surface area contributed by atoms with Crippen molar-refractivity contribution in [1.82, 2.24) is 10.3 Å². The van der Waals surface area contributed by atoms with Gasteiger partial charge in [0, 0.05) is 34.5 Å². The van der Waals surface area contributed by atoms with E-state index < -0.39 is 12.0 Å². The van der Waals surface area contributed by atoms with Gasteiger partial charge < -0.3 is 19.6 Å². The molecule has 0 bridgehead atoms. The Balaban J connectivity index is 1.47. The zero-order chi connectivity index (χ0) is 23.9. The summed E-state index contributed by atoms with van der Waals surface area (Å²) in [6.45, 7) is 3.20. The molecule has 176 valence electrons. The van der Waals surface area contributed by atoms with Gasteiger partial charge in [-0.15, -0.1) is 0 Å². The first-order valence-electron chi connectivity index (χ1n) is 11.2. The maximum Gasteiger partial charge on any atom is 0.321 e. The summed E-state index contributed by atoms with van der Waals surface area (Å²) in [6, 6.07) is 20.9. The van der Waals surface area contributed by atoms with Crippen molar-refractivity contribution in [2.24, 2.45) is 0 Å². The molecular weight excluding hydrogens is 496 g/mol. The number of carboxylic acids is 1. The average molecular weight is 523 g/mol. The Morgan fingerprint density at radius 2 is 1.76 bits per heavy atom. The van der Waals surface area contributed by atoms with Gasteiger partial charge in [-0.05, 0) is 41.8 Å². The quantitative estimate of drug-likeness (QED) is 0.235. The van der Waals surface area contributed by atoms with E-state index in [1.807, 2.05) is 79.9 Å². The number of benzene rings is 3. The lowest BCUT2D eigenvalue weighted by molar-refractivity contribution is -0.139. The molecule has 3 N–H and O–H groups in total. The van der Waals surface area contributed by atoms with Crippen LogP contribution in [0.25, 0.3) is 10.9 Å². The maximum absolute atomic E-state index is 12.0. The molecule has 0 fully saturated rings. The van der Waals surface area contributed by atoms with Crippen LogP contribution in [0.4, 0.5) is 0 Å². The fraction of sp³-hybridized carbons (Fsp3) is 0.222. The summed E-state index contributed by atoms with van der Waals surface area (Å²) in [5, 5.41) is 14.0. The lowest BCUT2D eigenvalue weighted by Crippen LogP contribution is -2.38. The van der Waals surface area contributed by atoms with Crippen LogP contribution in [0.2, 0.25) is 0 Å².